The van der Waals surface area contributed by atoms with Crippen molar-refractivity contribution in [3.8, 4) is 0 Å². The third-order valence-electron chi connectivity index (χ3n) is 3.61. The summed E-state index contributed by atoms with van der Waals surface area (Å²) < 4.78 is 2.32. The van der Waals surface area contributed by atoms with Gasteiger partial charge in [0.2, 0.25) is 0 Å². The van der Waals surface area contributed by atoms with Crippen molar-refractivity contribution in [3.05, 3.63) is 19.2 Å². The first-order valence-electron chi connectivity index (χ1n) is 7.59. The molecule has 0 saturated carbocycles. The summed E-state index contributed by atoms with van der Waals surface area (Å²) in [6.07, 6.45) is 11.9. The molecule has 1 rings (SSSR count). The number of nitrogens with one attached hydrogen (secondary N) is 1. The van der Waals surface area contributed by atoms with Crippen molar-refractivity contribution >= 4 is 43.2 Å². The van der Waals surface area contributed by atoms with E-state index in [1.165, 1.54) is 60.7 Å². The van der Waals surface area contributed by atoms with Crippen LogP contribution in [0.1, 0.15) is 76.3 Å². The van der Waals surface area contributed by atoms with E-state index in [9.17, 15) is 0 Å². The molecule has 20 heavy (non-hydrogen) atoms. The molecule has 1 aromatic rings. The largest absolute Gasteiger partial charge is 0.271 e. The average molecular weight is 426 g/mol. The van der Waals surface area contributed by atoms with Gasteiger partial charge in [-0.2, -0.15) is 0 Å². The molecule has 0 spiro atoms. The van der Waals surface area contributed by atoms with Gasteiger partial charge in [-0.15, -0.1) is 11.3 Å². The Balaban J connectivity index is 2.17. The number of halogens is 2. The van der Waals surface area contributed by atoms with Crippen LogP contribution in [0.2, 0.25) is 0 Å². The molecule has 0 amide bonds. The Bertz CT molecular complexity index is 369. The Labute approximate surface area is 144 Å². The minimum Gasteiger partial charge on any atom is -0.271 e. The Morgan fingerprint density at radius 2 is 1.70 bits per heavy atom. The number of nitrogens with two attached hydrogens (primary N) is 1. The lowest BCUT2D eigenvalue weighted by Gasteiger charge is -2.15. The van der Waals surface area contributed by atoms with Crippen LogP contribution in [0.15, 0.2) is 13.6 Å². The van der Waals surface area contributed by atoms with E-state index in [4.69, 9.17) is 5.84 Å². The molecule has 0 radical (unpaired) electrons. The van der Waals surface area contributed by atoms with Crippen molar-refractivity contribution in [1.29, 1.82) is 0 Å². The molecular formula is C15H26Br2N2S. The Hall–Kier alpha value is 0.580. The molecule has 0 aliphatic carbocycles. The van der Waals surface area contributed by atoms with Gasteiger partial charge in [0.05, 0.1) is 7.57 Å². The molecular weight excluding hydrogens is 400 g/mol. The zero-order valence-corrected chi connectivity index (χ0v) is 16.2. The normalized spacial score (nSPS) is 12.8. The maximum absolute atomic E-state index is 5.70. The molecule has 1 atom stereocenters. The molecule has 1 unspecified atom stereocenters. The first kappa shape index (κ1) is 18.6. The van der Waals surface area contributed by atoms with Crippen molar-refractivity contribution in [2.24, 2.45) is 5.84 Å². The number of hydrazine groups is 1. The summed E-state index contributed by atoms with van der Waals surface area (Å²) >= 11 is 8.84. The number of hydrogen-bond donors (Lipinski definition) is 2. The fourth-order valence-corrected chi connectivity index (χ4v) is 5.38. The van der Waals surface area contributed by atoms with Gasteiger partial charge in [0.25, 0.3) is 0 Å². The van der Waals surface area contributed by atoms with Gasteiger partial charge in [-0.25, -0.2) is 0 Å². The van der Waals surface area contributed by atoms with Crippen LogP contribution in [0, 0.1) is 0 Å². The standard InChI is InChI=1S/C15H26Br2N2S/c1-2-3-4-5-6-7-8-9-10-13(19-18)12-11-14(16)20-15(12)17/h11,13,19H,2-10,18H2,1H3. The predicted molar refractivity (Wildman–Crippen MR) is 97.0 cm³/mol. The highest BCUT2D eigenvalue weighted by molar-refractivity contribution is 9.12. The molecule has 0 aromatic carbocycles. The van der Waals surface area contributed by atoms with Gasteiger partial charge >= 0.3 is 0 Å². The summed E-state index contributed by atoms with van der Waals surface area (Å²) in [6, 6.07) is 2.41. The Kier molecular flexibility index (Phi) is 10.4. The van der Waals surface area contributed by atoms with Crippen LogP contribution in [-0.2, 0) is 0 Å². The van der Waals surface area contributed by atoms with Crippen LogP contribution in [0.3, 0.4) is 0 Å². The van der Waals surface area contributed by atoms with Gasteiger partial charge in [0.15, 0.2) is 0 Å². The van der Waals surface area contributed by atoms with E-state index in [-0.39, 0.29) is 6.04 Å². The van der Waals surface area contributed by atoms with Crippen LogP contribution in [0.5, 0.6) is 0 Å². The van der Waals surface area contributed by atoms with Crippen molar-refractivity contribution in [2.45, 2.75) is 70.8 Å². The molecule has 1 aromatic heterocycles. The monoisotopic (exact) mass is 424 g/mol. The second kappa shape index (κ2) is 11.2. The third-order valence-corrected chi connectivity index (χ3v) is 5.99. The van der Waals surface area contributed by atoms with Crippen LogP contribution in [0.4, 0.5) is 0 Å². The van der Waals surface area contributed by atoms with Gasteiger partial charge < -0.3 is 0 Å². The van der Waals surface area contributed by atoms with Gasteiger partial charge in [0.1, 0.15) is 0 Å². The highest BCUT2D eigenvalue weighted by Gasteiger charge is 2.15. The van der Waals surface area contributed by atoms with Gasteiger partial charge in [-0.1, -0.05) is 58.3 Å². The zero-order chi connectivity index (χ0) is 14.8. The molecule has 0 bridgehead atoms. The number of hydrogen-bond acceptors (Lipinski definition) is 3. The average Bonchev–Trinajstić information content (AvgIpc) is 2.76. The topological polar surface area (TPSA) is 38.0 Å². The quantitative estimate of drug-likeness (QED) is 0.247. The van der Waals surface area contributed by atoms with Crippen LogP contribution in [0.25, 0.3) is 0 Å². The lowest BCUT2D eigenvalue weighted by atomic mass is 10.0. The van der Waals surface area contributed by atoms with Gasteiger partial charge in [-0.3, -0.25) is 11.3 Å². The molecule has 1 heterocycles. The van der Waals surface area contributed by atoms with E-state index in [1.807, 2.05) is 0 Å². The predicted octanol–water partition coefficient (Wildman–Crippen LogP) is 6.31. The summed E-state index contributed by atoms with van der Waals surface area (Å²) in [5, 5.41) is 0. The fourth-order valence-electron chi connectivity index (χ4n) is 2.40. The molecule has 0 aliphatic heterocycles. The summed E-state index contributed by atoms with van der Waals surface area (Å²) in [5.74, 6) is 5.70. The van der Waals surface area contributed by atoms with E-state index in [0.717, 1.165) is 10.2 Å². The highest BCUT2D eigenvalue weighted by Crippen LogP contribution is 2.36. The van der Waals surface area contributed by atoms with Crippen molar-refractivity contribution in [3.63, 3.8) is 0 Å². The molecule has 0 fully saturated rings. The Morgan fingerprint density at radius 3 is 2.20 bits per heavy atom. The van der Waals surface area contributed by atoms with E-state index >= 15 is 0 Å². The molecule has 0 saturated heterocycles. The minimum absolute atomic E-state index is 0.256. The van der Waals surface area contributed by atoms with Gasteiger partial charge in [0, 0.05) is 6.04 Å². The number of thiophene rings is 1. The maximum Gasteiger partial charge on any atom is 0.0758 e. The molecule has 0 aliphatic rings. The SMILES string of the molecule is CCCCCCCCCCC(NN)c1cc(Br)sc1Br. The van der Waals surface area contributed by atoms with Crippen LogP contribution >= 0.6 is 43.2 Å². The van der Waals surface area contributed by atoms with E-state index in [0.29, 0.717) is 0 Å². The molecule has 5 heteroatoms. The second-order valence-electron chi connectivity index (χ2n) is 5.26. The summed E-state index contributed by atoms with van der Waals surface area (Å²) in [6.45, 7) is 2.26. The summed E-state index contributed by atoms with van der Waals surface area (Å²) in [7, 11) is 0. The van der Waals surface area contributed by atoms with Crippen LogP contribution < -0.4 is 11.3 Å². The van der Waals surface area contributed by atoms with E-state index in [1.54, 1.807) is 11.3 Å². The summed E-state index contributed by atoms with van der Waals surface area (Å²) in [4.78, 5) is 0. The Morgan fingerprint density at radius 1 is 1.10 bits per heavy atom. The maximum atomic E-state index is 5.70. The van der Waals surface area contributed by atoms with E-state index in [2.05, 4.69) is 50.3 Å². The lowest BCUT2D eigenvalue weighted by molar-refractivity contribution is 0.475. The van der Waals surface area contributed by atoms with Crippen molar-refractivity contribution in [1.82, 2.24) is 5.43 Å². The van der Waals surface area contributed by atoms with Crippen molar-refractivity contribution in [2.75, 3.05) is 0 Å². The third kappa shape index (κ3) is 7.03. The zero-order valence-electron chi connectivity index (χ0n) is 12.3. The van der Waals surface area contributed by atoms with Gasteiger partial charge in [-0.05, 0) is 49.9 Å². The minimum atomic E-state index is 0.256. The van der Waals surface area contributed by atoms with Crippen molar-refractivity contribution < 1.29 is 0 Å². The second-order valence-corrected chi connectivity index (χ2v) is 9.01. The smallest absolute Gasteiger partial charge is 0.0758 e. The van der Waals surface area contributed by atoms with Crippen LogP contribution in [-0.4, -0.2) is 0 Å². The lowest BCUT2D eigenvalue weighted by Crippen LogP contribution is -2.27. The fraction of sp³-hybridized carbons (Fsp3) is 0.733. The van der Waals surface area contributed by atoms with E-state index < -0.39 is 0 Å². The molecule has 116 valence electrons. The first-order valence-corrected chi connectivity index (χ1v) is 10.00. The molecule has 3 N–H and O–H groups in total. The summed E-state index contributed by atoms with van der Waals surface area (Å²) in [5.41, 5.74) is 4.22. The molecule has 2 nitrogen and oxygen atoms in total. The first-order chi connectivity index (χ1) is 9.69. The number of rotatable bonds is 11. The highest BCUT2D eigenvalue weighted by atomic mass is 79.9. The number of unbranched alkanes of at least 4 members (excludes halogenated alkanes) is 7.